The standard InChI is InChI=1S/C9H13N5/c10-8-12-9(14-13-8)11-6-5-7-3-1-2-4-7/h1,3-4H,2,5-6H2,(H4,10,11,12,13,14). The number of nitrogens with two attached hydrogens (primary N) is 1. The normalized spacial score (nSPS) is 14.4. The van der Waals surface area contributed by atoms with Crippen LogP contribution in [0.15, 0.2) is 23.8 Å². The van der Waals surface area contributed by atoms with E-state index in [9.17, 15) is 0 Å². The number of nitrogen functional groups attached to an aromatic ring is 1. The van der Waals surface area contributed by atoms with Gasteiger partial charge in [-0.3, -0.25) is 0 Å². The molecular formula is C9H13N5. The Hall–Kier alpha value is -1.78. The highest BCUT2D eigenvalue weighted by atomic mass is 15.3. The highest BCUT2D eigenvalue weighted by Gasteiger charge is 2.00. The first kappa shape index (κ1) is 8.80. The SMILES string of the molecule is Nc1nc(NCCC2=CCC=C2)n[nH]1. The monoisotopic (exact) mass is 191 g/mol. The smallest absolute Gasteiger partial charge is 0.243 e. The van der Waals surface area contributed by atoms with E-state index in [1.165, 1.54) is 5.57 Å². The van der Waals surface area contributed by atoms with Crippen molar-refractivity contribution in [2.24, 2.45) is 0 Å². The largest absolute Gasteiger partial charge is 0.368 e. The number of aromatic amines is 1. The minimum absolute atomic E-state index is 0.340. The lowest BCUT2D eigenvalue weighted by Gasteiger charge is -2.00. The molecule has 0 saturated heterocycles. The van der Waals surface area contributed by atoms with Crippen molar-refractivity contribution in [2.45, 2.75) is 12.8 Å². The molecule has 1 aliphatic carbocycles. The first-order valence-corrected chi connectivity index (χ1v) is 4.62. The second-order valence-corrected chi connectivity index (χ2v) is 3.14. The predicted octanol–water partition coefficient (Wildman–Crippen LogP) is 1.08. The van der Waals surface area contributed by atoms with Gasteiger partial charge in [0.2, 0.25) is 11.9 Å². The molecule has 0 unspecified atom stereocenters. The van der Waals surface area contributed by atoms with Crippen LogP contribution in [0.2, 0.25) is 0 Å². The first-order chi connectivity index (χ1) is 6.84. The van der Waals surface area contributed by atoms with Crippen molar-refractivity contribution in [3.05, 3.63) is 23.8 Å². The summed E-state index contributed by atoms with van der Waals surface area (Å²) in [7, 11) is 0. The van der Waals surface area contributed by atoms with E-state index in [4.69, 9.17) is 5.73 Å². The summed E-state index contributed by atoms with van der Waals surface area (Å²) in [6, 6.07) is 0. The lowest BCUT2D eigenvalue weighted by atomic mass is 10.2. The minimum atomic E-state index is 0.340. The van der Waals surface area contributed by atoms with Crippen LogP contribution in [0.1, 0.15) is 12.8 Å². The van der Waals surface area contributed by atoms with Gasteiger partial charge in [-0.2, -0.15) is 4.98 Å². The van der Waals surface area contributed by atoms with Crippen LogP contribution in [0.3, 0.4) is 0 Å². The number of nitrogens with one attached hydrogen (secondary N) is 2. The van der Waals surface area contributed by atoms with Gasteiger partial charge in [-0.15, -0.1) is 5.10 Å². The summed E-state index contributed by atoms with van der Waals surface area (Å²) in [6.07, 6.45) is 8.57. The summed E-state index contributed by atoms with van der Waals surface area (Å²) in [5, 5.41) is 9.53. The van der Waals surface area contributed by atoms with Crippen molar-refractivity contribution in [3.63, 3.8) is 0 Å². The predicted molar refractivity (Wildman–Crippen MR) is 55.7 cm³/mol. The van der Waals surface area contributed by atoms with E-state index in [0.29, 0.717) is 11.9 Å². The Morgan fingerprint density at radius 3 is 3.14 bits per heavy atom. The highest BCUT2D eigenvalue weighted by molar-refractivity contribution is 5.31. The Kier molecular flexibility index (Phi) is 2.48. The number of nitrogens with zero attached hydrogens (tertiary/aromatic N) is 2. The van der Waals surface area contributed by atoms with Crippen LogP contribution in [0.25, 0.3) is 0 Å². The van der Waals surface area contributed by atoms with Gasteiger partial charge in [-0.25, -0.2) is 5.10 Å². The highest BCUT2D eigenvalue weighted by Crippen LogP contribution is 2.12. The van der Waals surface area contributed by atoms with Crippen LogP contribution in [0, 0.1) is 0 Å². The average molecular weight is 191 g/mol. The Labute approximate surface area is 82.1 Å². The third kappa shape index (κ3) is 2.12. The maximum atomic E-state index is 5.38. The van der Waals surface area contributed by atoms with Gasteiger partial charge in [0.25, 0.3) is 0 Å². The van der Waals surface area contributed by atoms with Crippen LogP contribution >= 0.6 is 0 Å². The van der Waals surface area contributed by atoms with Crippen LogP contribution in [0.5, 0.6) is 0 Å². The number of aromatic nitrogens is 3. The summed E-state index contributed by atoms with van der Waals surface area (Å²) >= 11 is 0. The molecule has 0 saturated carbocycles. The number of hydrogen-bond acceptors (Lipinski definition) is 4. The fourth-order valence-electron chi connectivity index (χ4n) is 1.36. The fraction of sp³-hybridized carbons (Fsp3) is 0.333. The first-order valence-electron chi connectivity index (χ1n) is 4.62. The van der Waals surface area contributed by atoms with Gasteiger partial charge in [0.1, 0.15) is 0 Å². The van der Waals surface area contributed by atoms with Crippen LogP contribution in [-0.2, 0) is 0 Å². The molecule has 0 radical (unpaired) electrons. The number of allylic oxidation sites excluding steroid dienone is 3. The van der Waals surface area contributed by atoms with Crippen molar-refractivity contribution in [2.75, 3.05) is 17.6 Å². The van der Waals surface area contributed by atoms with E-state index in [-0.39, 0.29) is 0 Å². The molecule has 0 amide bonds. The Balaban J connectivity index is 1.75. The van der Waals surface area contributed by atoms with Crippen LogP contribution in [-0.4, -0.2) is 21.7 Å². The Bertz CT molecular complexity index is 363. The van der Waals surface area contributed by atoms with Gasteiger partial charge in [0.05, 0.1) is 0 Å². The molecule has 1 aliphatic rings. The van der Waals surface area contributed by atoms with E-state index < -0.39 is 0 Å². The fourth-order valence-corrected chi connectivity index (χ4v) is 1.36. The van der Waals surface area contributed by atoms with E-state index in [0.717, 1.165) is 19.4 Å². The van der Waals surface area contributed by atoms with Gasteiger partial charge < -0.3 is 11.1 Å². The maximum absolute atomic E-state index is 5.38. The summed E-state index contributed by atoms with van der Waals surface area (Å²) in [4.78, 5) is 3.94. The molecule has 0 fully saturated rings. The summed E-state index contributed by atoms with van der Waals surface area (Å²) < 4.78 is 0. The van der Waals surface area contributed by atoms with Crippen LogP contribution < -0.4 is 11.1 Å². The van der Waals surface area contributed by atoms with E-state index in [1.54, 1.807) is 0 Å². The molecule has 4 N–H and O–H groups in total. The lowest BCUT2D eigenvalue weighted by molar-refractivity contribution is 0.989. The molecule has 0 spiro atoms. The third-order valence-electron chi connectivity index (χ3n) is 2.05. The lowest BCUT2D eigenvalue weighted by Crippen LogP contribution is -2.03. The second-order valence-electron chi connectivity index (χ2n) is 3.14. The van der Waals surface area contributed by atoms with Crippen molar-refractivity contribution in [3.8, 4) is 0 Å². The van der Waals surface area contributed by atoms with Gasteiger partial charge in [0, 0.05) is 6.54 Å². The summed E-state index contributed by atoms with van der Waals surface area (Å²) in [5.74, 6) is 0.901. The quantitative estimate of drug-likeness (QED) is 0.665. The molecule has 5 nitrogen and oxygen atoms in total. The van der Waals surface area contributed by atoms with Crippen molar-refractivity contribution < 1.29 is 0 Å². The minimum Gasteiger partial charge on any atom is -0.368 e. The zero-order valence-electron chi connectivity index (χ0n) is 7.83. The van der Waals surface area contributed by atoms with Gasteiger partial charge in [-0.05, 0) is 12.8 Å². The Morgan fingerprint density at radius 1 is 1.57 bits per heavy atom. The summed E-state index contributed by atoms with van der Waals surface area (Å²) in [6.45, 7) is 0.827. The van der Waals surface area contributed by atoms with Gasteiger partial charge in [-0.1, -0.05) is 23.8 Å². The second kappa shape index (κ2) is 3.95. The molecule has 0 aromatic carbocycles. The number of hydrogen-bond donors (Lipinski definition) is 3. The zero-order valence-corrected chi connectivity index (χ0v) is 7.83. The molecule has 0 bridgehead atoms. The number of rotatable bonds is 4. The average Bonchev–Trinajstić information content (AvgIpc) is 2.77. The van der Waals surface area contributed by atoms with Crippen molar-refractivity contribution in [1.29, 1.82) is 0 Å². The maximum Gasteiger partial charge on any atom is 0.243 e. The molecule has 14 heavy (non-hydrogen) atoms. The van der Waals surface area contributed by atoms with Crippen LogP contribution in [0.4, 0.5) is 11.9 Å². The molecule has 74 valence electrons. The van der Waals surface area contributed by atoms with Gasteiger partial charge in [0.15, 0.2) is 0 Å². The van der Waals surface area contributed by atoms with E-state index >= 15 is 0 Å². The zero-order chi connectivity index (χ0) is 9.80. The Morgan fingerprint density at radius 2 is 2.50 bits per heavy atom. The number of H-pyrrole nitrogens is 1. The molecule has 0 aliphatic heterocycles. The summed E-state index contributed by atoms with van der Waals surface area (Å²) in [5.41, 5.74) is 6.74. The van der Waals surface area contributed by atoms with Crippen molar-refractivity contribution >= 4 is 11.9 Å². The molecular weight excluding hydrogens is 178 g/mol. The molecule has 1 aromatic heterocycles. The number of anilines is 2. The molecule has 1 heterocycles. The molecule has 0 atom stereocenters. The topological polar surface area (TPSA) is 79.6 Å². The third-order valence-corrected chi connectivity index (χ3v) is 2.05. The van der Waals surface area contributed by atoms with Gasteiger partial charge >= 0.3 is 0 Å². The molecule has 5 heteroatoms. The molecule has 1 aromatic rings. The molecule has 2 rings (SSSR count). The van der Waals surface area contributed by atoms with E-state index in [1.807, 2.05) is 0 Å². The van der Waals surface area contributed by atoms with E-state index in [2.05, 4.69) is 38.7 Å². The van der Waals surface area contributed by atoms with Crippen molar-refractivity contribution in [1.82, 2.24) is 15.2 Å².